The third kappa shape index (κ3) is 3.75. The third-order valence-electron chi connectivity index (χ3n) is 1.33. The fourth-order valence-corrected chi connectivity index (χ4v) is 0.669. The van der Waals surface area contributed by atoms with E-state index in [2.05, 4.69) is 0 Å². The first-order valence-corrected chi connectivity index (χ1v) is 3.49. The van der Waals surface area contributed by atoms with Gasteiger partial charge in [0.05, 0.1) is 6.54 Å². The van der Waals surface area contributed by atoms with Gasteiger partial charge in [0.1, 0.15) is 0 Å². The van der Waals surface area contributed by atoms with Crippen molar-refractivity contribution in [1.29, 1.82) is 0 Å². The van der Waals surface area contributed by atoms with Crippen LogP contribution < -0.4 is 0 Å². The predicted molar refractivity (Wildman–Crippen MR) is 43.6 cm³/mol. The molecule has 0 fully saturated rings. The minimum Gasteiger partial charge on any atom is -0.331 e. The second-order valence-corrected chi connectivity index (χ2v) is 2.65. The van der Waals surface area contributed by atoms with Crippen LogP contribution in [0, 0.1) is 10.1 Å². The van der Waals surface area contributed by atoms with E-state index in [0.29, 0.717) is 0 Å². The first-order valence-electron chi connectivity index (χ1n) is 3.49. The number of amides is 2. The number of rotatable bonds is 3. The molecule has 0 aliphatic carbocycles. The van der Waals surface area contributed by atoms with Gasteiger partial charge in [-0.05, 0) is 0 Å². The van der Waals surface area contributed by atoms with Crippen molar-refractivity contribution in [1.82, 2.24) is 9.80 Å². The lowest BCUT2D eigenvalue weighted by Gasteiger charge is -2.19. The minimum atomic E-state index is -0.445. The minimum absolute atomic E-state index is 0.143. The summed E-state index contributed by atoms with van der Waals surface area (Å²) in [5.41, 5.74) is 0. The number of nitro groups is 1. The van der Waals surface area contributed by atoms with Crippen molar-refractivity contribution < 1.29 is 9.72 Å². The molecule has 0 saturated carbocycles. The molecule has 0 spiro atoms. The molecule has 0 rings (SSSR count). The molecule has 0 bridgehead atoms. The fourth-order valence-electron chi connectivity index (χ4n) is 0.669. The van der Waals surface area contributed by atoms with Crippen LogP contribution >= 0.6 is 0 Å². The number of urea groups is 1. The highest BCUT2D eigenvalue weighted by Gasteiger charge is 2.11. The Kier molecular flexibility index (Phi) is 4.03. The van der Waals surface area contributed by atoms with E-state index in [1.165, 1.54) is 16.8 Å². The van der Waals surface area contributed by atoms with Crippen LogP contribution in [0.15, 0.2) is 0 Å². The van der Waals surface area contributed by atoms with E-state index in [9.17, 15) is 14.9 Å². The van der Waals surface area contributed by atoms with Gasteiger partial charge in [0, 0.05) is 26.1 Å². The zero-order valence-electron chi connectivity index (χ0n) is 7.48. The van der Waals surface area contributed by atoms with Gasteiger partial charge in [-0.2, -0.15) is 0 Å². The van der Waals surface area contributed by atoms with Crippen molar-refractivity contribution in [3.05, 3.63) is 10.1 Å². The van der Waals surface area contributed by atoms with E-state index < -0.39 is 4.92 Å². The molecular formula is C6H13N3O3. The molecule has 0 heterocycles. The summed E-state index contributed by atoms with van der Waals surface area (Å²) in [6.45, 7) is -0.0694. The molecule has 0 aliphatic heterocycles. The van der Waals surface area contributed by atoms with E-state index in [1.54, 1.807) is 14.1 Å². The maximum absolute atomic E-state index is 11.1. The lowest BCUT2D eigenvalue weighted by Crippen LogP contribution is -2.38. The highest BCUT2D eigenvalue weighted by atomic mass is 16.6. The van der Waals surface area contributed by atoms with Gasteiger partial charge in [-0.15, -0.1) is 0 Å². The van der Waals surface area contributed by atoms with Crippen LogP contribution in [-0.4, -0.2) is 55.0 Å². The second-order valence-electron chi connectivity index (χ2n) is 2.65. The Balaban J connectivity index is 3.79. The summed E-state index contributed by atoms with van der Waals surface area (Å²) in [7, 11) is 4.74. The molecule has 6 nitrogen and oxygen atoms in total. The number of carbonyl (C=O) groups excluding carboxylic acids is 1. The van der Waals surface area contributed by atoms with Crippen molar-refractivity contribution >= 4 is 6.03 Å². The van der Waals surface area contributed by atoms with Gasteiger partial charge in [0.25, 0.3) is 0 Å². The van der Waals surface area contributed by atoms with Crippen LogP contribution in [-0.2, 0) is 0 Å². The number of hydrogen-bond acceptors (Lipinski definition) is 3. The summed E-state index contributed by atoms with van der Waals surface area (Å²) in [6.07, 6.45) is 0. The highest BCUT2D eigenvalue weighted by molar-refractivity contribution is 5.73. The van der Waals surface area contributed by atoms with Crippen LogP contribution in [0.5, 0.6) is 0 Å². The number of nitrogens with zero attached hydrogens (tertiary/aromatic N) is 3. The van der Waals surface area contributed by atoms with Gasteiger partial charge in [-0.25, -0.2) is 4.79 Å². The molecule has 70 valence electrons. The Labute approximate surface area is 70.9 Å². The molecule has 2 amide bonds. The molecule has 0 atom stereocenters. The van der Waals surface area contributed by atoms with Gasteiger partial charge in [-0.1, -0.05) is 0 Å². The molecule has 0 radical (unpaired) electrons. The molecule has 0 aliphatic rings. The van der Waals surface area contributed by atoms with Crippen LogP contribution in [0.1, 0.15) is 0 Å². The zero-order chi connectivity index (χ0) is 9.72. The standard InChI is InChI=1S/C6H13N3O3/c1-7(2)6(10)8(3)4-5-9(11)12/h4-5H2,1-3H3. The summed E-state index contributed by atoms with van der Waals surface area (Å²) < 4.78 is 0. The van der Waals surface area contributed by atoms with Crippen molar-refractivity contribution in [2.24, 2.45) is 0 Å². The molecule has 6 heteroatoms. The van der Waals surface area contributed by atoms with Crippen molar-refractivity contribution in [3.63, 3.8) is 0 Å². The van der Waals surface area contributed by atoms with Gasteiger partial charge in [-0.3, -0.25) is 10.1 Å². The Hall–Kier alpha value is -1.33. The van der Waals surface area contributed by atoms with E-state index in [1.807, 2.05) is 0 Å². The van der Waals surface area contributed by atoms with Crippen LogP contribution in [0.4, 0.5) is 4.79 Å². The fraction of sp³-hybridized carbons (Fsp3) is 0.833. The molecule has 12 heavy (non-hydrogen) atoms. The molecule has 0 unspecified atom stereocenters. The van der Waals surface area contributed by atoms with Crippen molar-refractivity contribution in [3.8, 4) is 0 Å². The quantitative estimate of drug-likeness (QED) is 0.443. The Morgan fingerprint density at radius 2 is 1.92 bits per heavy atom. The molecule has 0 N–H and O–H groups in total. The lowest BCUT2D eigenvalue weighted by atomic mass is 10.5. The lowest BCUT2D eigenvalue weighted by molar-refractivity contribution is -0.479. The summed E-state index contributed by atoms with van der Waals surface area (Å²) in [4.78, 5) is 23.3. The van der Waals surface area contributed by atoms with Crippen LogP contribution in [0.3, 0.4) is 0 Å². The van der Waals surface area contributed by atoms with E-state index in [-0.39, 0.29) is 19.1 Å². The Bertz CT molecular complexity index is 181. The maximum Gasteiger partial charge on any atom is 0.319 e. The normalized spacial score (nSPS) is 9.25. The van der Waals surface area contributed by atoms with E-state index >= 15 is 0 Å². The summed E-state index contributed by atoms with van der Waals surface area (Å²) in [6, 6.07) is -0.225. The first-order chi connectivity index (χ1) is 5.45. The average Bonchev–Trinajstić information content (AvgIpc) is 1.98. The van der Waals surface area contributed by atoms with Crippen molar-refractivity contribution in [2.75, 3.05) is 34.2 Å². The zero-order valence-corrected chi connectivity index (χ0v) is 7.48. The first kappa shape index (κ1) is 10.7. The summed E-state index contributed by atoms with van der Waals surface area (Å²) in [5.74, 6) is 0. The van der Waals surface area contributed by atoms with Gasteiger partial charge < -0.3 is 9.80 Å². The number of likely N-dealkylation sites (N-methyl/N-ethyl adjacent to an activating group) is 1. The largest absolute Gasteiger partial charge is 0.331 e. The number of hydrogen-bond donors (Lipinski definition) is 0. The molecular weight excluding hydrogens is 162 g/mol. The second kappa shape index (κ2) is 4.53. The number of carbonyl (C=O) groups is 1. The van der Waals surface area contributed by atoms with Crippen molar-refractivity contribution in [2.45, 2.75) is 0 Å². The topological polar surface area (TPSA) is 66.7 Å². The SMILES string of the molecule is CN(C)C(=O)N(C)CC[N+](=O)[O-]. The van der Waals surface area contributed by atoms with Gasteiger partial charge in [0.15, 0.2) is 0 Å². The molecule has 0 aromatic rings. The summed E-state index contributed by atoms with van der Waals surface area (Å²) in [5, 5.41) is 9.95. The highest BCUT2D eigenvalue weighted by Crippen LogP contribution is 1.89. The molecule has 0 aromatic carbocycles. The Morgan fingerprint density at radius 1 is 1.42 bits per heavy atom. The van der Waals surface area contributed by atoms with E-state index in [4.69, 9.17) is 0 Å². The molecule has 0 saturated heterocycles. The van der Waals surface area contributed by atoms with Gasteiger partial charge in [0.2, 0.25) is 6.54 Å². The van der Waals surface area contributed by atoms with Crippen LogP contribution in [0.2, 0.25) is 0 Å². The van der Waals surface area contributed by atoms with Crippen LogP contribution in [0.25, 0.3) is 0 Å². The van der Waals surface area contributed by atoms with E-state index in [0.717, 1.165) is 0 Å². The maximum atomic E-state index is 11.1. The third-order valence-corrected chi connectivity index (χ3v) is 1.33. The van der Waals surface area contributed by atoms with Gasteiger partial charge >= 0.3 is 6.03 Å². The Morgan fingerprint density at radius 3 is 2.25 bits per heavy atom. The monoisotopic (exact) mass is 175 g/mol. The predicted octanol–water partition coefficient (Wildman–Crippen LogP) is -0.123. The summed E-state index contributed by atoms with van der Waals surface area (Å²) >= 11 is 0. The average molecular weight is 175 g/mol. The molecule has 0 aromatic heterocycles. The smallest absolute Gasteiger partial charge is 0.319 e.